The third-order valence-electron chi connectivity index (χ3n) is 2.11. The number of hydrogen-bond donors (Lipinski definition) is 2. The van der Waals surface area contributed by atoms with Gasteiger partial charge in [0.25, 0.3) is 5.56 Å². The van der Waals surface area contributed by atoms with Crippen LogP contribution in [0.5, 0.6) is 0 Å². The lowest BCUT2D eigenvalue weighted by Gasteiger charge is -2.20. The van der Waals surface area contributed by atoms with Crippen molar-refractivity contribution in [1.29, 1.82) is 0 Å². The second kappa shape index (κ2) is 6.41. The van der Waals surface area contributed by atoms with Crippen LogP contribution in [0.25, 0.3) is 0 Å². The van der Waals surface area contributed by atoms with E-state index in [1.54, 1.807) is 0 Å². The number of nitrogens with zero attached hydrogens (tertiary/aromatic N) is 2. The predicted octanol–water partition coefficient (Wildman–Crippen LogP) is 0.255. The van der Waals surface area contributed by atoms with Crippen molar-refractivity contribution >= 4 is 34.7 Å². The highest BCUT2D eigenvalue weighted by Crippen LogP contribution is 2.19. The van der Waals surface area contributed by atoms with E-state index >= 15 is 0 Å². The molecule has 0 bridgehead atoms. The first kappa shape index (κ1) is 14.5. The van der Waals surface area contributed by atoms with Crippen molar-refractivity contribution in [3.63, 3.8) is 0 Å². The minimum Gasteiger partial charge on any atom is -0.358 e. The van der Waals surface area contributed by atoms with Gasteiger partial charge in [0.15, 0.2) is 5.69 Å². The first-order chi connectivity index (χ1) is 8.51. The van der Waals surface area contributed by atoms with Gasteiger partial charge in [-0.1, -0.05) is 0 Å². The fourth-order valence-electron chi connectivity index (χ4n) is 1.43. The van der Waals surface area contributed by atoms with E-state index in [1.807, 2.05) is 9.97 Å². The topological polar surface area (TPSA) is 112 Å². The fourth-order valence-corrected chi connectivity index (χ4v) is 1.84. The van der Waals surface area contributed by atoms with E-state index in [0.717, 1.165) is 0 Å². The average molecular weight is 297 g/mol. The van der Waals surface area contributed by atoms with Crippen molar-refractivity contribution in [3.8, 4) is 0 Å². The van der Waals surface area contributed by atoms with E-state index in [4.69, 9.17) is 23.2 Å². The summed E-state index contributed by atoms with van der Waals surface area (Å²) >= 11 is 11.1. The maximum absolute atomic E-state index is 11.6. The summed E-state index contributed by atoms with van der Waals surface area (Å²) in [5.74, 6) is -0.349. The van der Waals surface area contributed by atoms with E-state index in [1.165, 1.54) is 4.90 Å². The Morgan fingerprint density at radius 3 is 2.17 bits per heavy atom. The first-order valence-corrected chi connectivity index (χ1v) is 5.96. The Labute approximate surface area is 111 Å². The molecule has 0 fully saturated rings. The molecule has 100 valence electrons. The molecule has 0 radical (unpaired) electrons. The predicted molar refractivity (Wildman–Crippen MR) is 68.0 cm³/mol. The van der Waals surface area contributed by atoms with Crippen LogP contribution in [0.15, 0.2) is 9.59 Å². The van der Waals surface area contributed by atoms with Crippen LogP contribution >= 0.6 is 23.2 Å². The second-order valence-corrected chi connectivity index (χ2v) is 3.98. The highest BCUT2D eigenvalue weighted by atomic mass is 35.5. The number of alkyl halides is 2. The van der Waals surface area contributed by atoms with E-state index in [9.17, 15) is 19.7 Å². The van der Waals surface area contributed by atoms with Crippen molar-refractivity contribution < 1.29 is 4.92 Å². The Morgan fingerprint density at radius 1 is 1.17 bits per heavy atom. The molecule has 18 heavy (non-hydrogen) atoms. The summed E-state index contributed by atoms with van der Waals surface area (Å²) in [7, 11) is 0. The standard InChI is InChI=1S/C8H10Cl2N4O4/c9-1-3-13(4-2-10)5-6(14(17)18)11-8(16)12-7(5)15/h1-4H2,(H2,11,12,15,16). The lowest BCUT2D eigenvalue weighted by atomic mass is 10.4. The molecule has 0 unspecified atom stereocenters. The van der Waals surface area contributed by atoms with E-state index in [2.05, 4.69) is 0 Å². The normalized spacial score (nSPS) is 10.3. The van der Waals surface area contributed by atoms with Crippen molar-refractivity contribution in [2.24, 2.45) is 0 Å². The van der Waals surface area contributed by atoms with Crippen LogP contribution in [-0.2, 0) is 0 Å². The quantitative estimate of drug-likeness (QED) is 0.444. The van der Waals surface area contributed by atoms with Crippen LogP contribution in [0, 0.1) is 10.1 Å². The third-order valence-corrected chi connectivity index (χ3v) is 2.44. The molecule has 1 heterocycles. The van der Waals surface area contributed by atoms with Crippen LogP contribution in [-0.4, -0.2) is 39.7 Å². The number of nitrogens with one attached hydrogen (secondary N) is 2. The summed E-state index contributed by atoms with van der Waals surface area (Å²) in [6, 6.07) is 0. The smallest absolute Gasteiger partial charge is 0.358 e. The molecule has 10 heteroatoms. The third kappa shape index (κ3) is 3.23. The molecule has 0 aromatic carbocycles. The van der Waals surface area contributed by atoms with Gasteiger partial charge in [-0.2, -0.15) is 4.98 Å². The Hall–Kier alpha value is -1.54. The molecule has 1 aromatic heterocycles. The van der Waals surface area contributed by atoms with Gasteiger partial charge in [-0.25, -0.2) is 4.79 Å². The van der Waals surface area contributed by atoms with Crippen molar-refractivity contribution in [2.45, 2.75) is 0 Å². The molecule has 0 aliphatic rings. The van der Waals surface area contributed by atoms with Gasteiger partial charge in [-0.15, -0.1) is 23.2 Å². The fraction of sp³-hybridized carbons (Fsp3) is 0.500. The Kier molecular flexibility index (Phi) is 5.17. The number of H-pyrrole nitrogens is 2. The molecule has 1 rings (SSSR count). The van der Waals surface area contributed by atoms with Gasteiger partial charge in [0.2, 0.25) is 0 Å². The molecule has 0 saturated carbocycles. The zero-order valence-electron chi connectivity index (χ0n) is 9.11. The van der Waals surface area contributed by atoms with Crippen molar-refractivity contribution in [1.82, 2.24) is 9.97 Å². The zero-order chi connectivity index (χ0) is 13.7. The number of aromatic nitrogens is 2. The molecule has 0 amide bonds. The number of rotatable bonds is 6. The van der Waals surface area contributed by atoms with Crippen LogP contribution in [0.1, 0.15) is 0 Å². The number of nitro groups is 1. The molecule has 0 saturated heterocycles. The van der Waals surface area contributed by atoms with Gasteiger partial charge < -0.3 is 15.0 Å². The Morgan fingerprint density at radius 2 is 1.72 bits per heavy atom. The van der Waals surface area contributed by atoms with Crippen LogP contribution in [0.2, 0.25) is 0 Å². The molecule has 2 N–H and O–H groups in total. The molecule has 0 atom stereocenters. The summed E-state index contributed by atoms with van der Waals surface area (Å²) in [6.45, 7) is 0.397. The average Bonchev–Trinajstić information content (AvgIpc) is 2.27. The minimum absolute atomic E-state index is 0.159. The molecular formula is C8H10Cl2N4O4. The monoisotopic (exact) mass is 296 g/mol. The largest absolute Gasteiger partial charge is 0.413 e. The summed E-state index contributed by atoms with van der Waals surface area (Å²) in [6.07, 6.45) is 0. The van der Waals surface area contributed by atoms with Crippen LogP contribution < -0.4 is 16.1 Å². The second-order valence-electron chi connectivity index (χ2n) is 3.23. The molecule has 0 aliphatic heterocycles. The SMILES string of the molecule is O=c1[nH]c([N+](=O)[O-])c(N(CCCl)CCCl)c(=O)[nH]1. The minimum atomic E-state index is -0.938. The number of halogens is 2. The molecule has 8 nitrogen and oxygen atoms in total. The van der Waals surface area contributed by atoms with Gasteiger partial charge in [0, 0.05) is 24.8 Å². The van der Waals surface area contributed by atoms with Gasteiger partial charge >= 0.3 is 11.5 Å². The number of hydrogen-bond acceptors (Lipinski definition) is 5. The maximum atomic E-state index is 11.6. The summed E-state index contributed by atoms with van der Waals surface area (Å²) in [5, 5.41) is 10.8. The first-order valence-electron chi connectivity index (χ1n) is 4.89. The van der Waals surface area contributed by atoms with Crippen molar-refractivity contribution in [2.75, 3.05) is 29.7 Å². The summed E-state index contributed by atoms with van der Waals surface area (Å²) in [5.41, 5.74) is -2.03. The molecule has 1 aromatic rings. The molecular weight excluding hydrogens is 287 g/mol. The number of aromatic amines is 2. The Balaban J connectivity index is 3.39. The molecule has 0 aliphatic carbocycles. The summed E-state index contributed by atoms with van der Waals surface area (Å²) in [4.78, 5) is 37.9. The van der Waals surface area contributed by atoms with Gasteiger partial charge in [-0.3, -0.25) is 9.78 Å². The molecule has 0 spiro atoms. The summed E-state index contributed by atoms with van der Waals surface area (Å²) < 4.78 is 0. The van der Waals surface area contributed by atoms with Crippen molar-refractivity contribution in [3.05, 3.63) is 31.0 Å². The van der Waals surface area contributed by atoms with Gasteiger partial charge in [-0.05, 0) is 4.92 Å². The number of anilines is 1. The van der Waals surface area contributed by atoms with Gasteiger partial charge in [0.05, 0.1) is 0 Å². The van der Waals surface area contributed by atoms with Crippen LogP contribution in [0.3, 0.4) is 0 Å². The van der Waals surface area contributed by atoms with E-state index in [-0.39, 0.29) is 30.5 Å². The van der Waals surface area contributed by atoms with Gasteiger partial charge in [0.1, 0.15) is 0 Å². The maximum Gasteiger partial charge on any atom is 0.413 e. The van der Waals surface area contributed by atoms with E-state index < -0.39 is 22.0 Å². The van der Waals surface area contributed by atoms with Crippen LogP contribution in [0.4, 0.5) is 11.5 Å². The lowest BCUT2D eigenvalue weighted by Crippen LogP contribution is -2.36. The lowest BCUT2D eigenvalue weighted by molar-refractivity contribution is -0.389. The zero-order valence-corrected chi connectivity index (χ0v) is 10.6. The highest BCUT2D eigenvalue weighted by molar-refractivity contribution is 6.18. The highest BCUT2D eigenvalue weighted by Gasteiger charge is 2.23. The van der Waals surface area contributed by atoms with E-state index in [0.29, 0.717) is 0 Å². The Bertz CT molecular complexity index is 535.